The zero-order valence-corrected chi connectivity index (χ0v) is 37.5. The molecular weight excluding hydrogens is 767 g/mol. The average molecular weight is 823 g/mol. The minimum atomic E-state index is -0.920. The standard InChI is InChI=1S/C59H55N3O/c1-38(2)50-37-47(27-28-48(50)41-23-16-11-17-24-41)62-54-26-18-25-49(55(54)61-57(62)51-35-46(58(3,4)5)36-52(56(51)63)59(6,7)8)44-31-43(40-21-14-10-15-22-40)32-45(33-44)53-34-42(29-30-60-53)39-19-12-9-13-20-39/h9-38,63H,1-8H3/i38D. The number of phenols is 1. The third-order valence-electron chi connectivity index (χ3n) is 12.1. The molecule has 9 aromatic rings. The van der Waals surface area contributed by atoms with Crippen LogP contribution in [0.25, 0.3) is 83.9 Å². The first kappa shape index (κ1) is 40.1. The maximum absolute atomic E-state index is 12.5. The number of benzene rings is 7. The molecule has 0 aliphatic rings. The summed E-state index contributed by atoms with van der Waals surface area (Å²) in [5.74, 6) is -0.0656. The highest BCUT2D eigenvalue weighted by Gasteiger charge is 2.29. The van der Waals surface area contributed by atoms with Crippen molar-refractivity contribution in [3.05, 3.63) is 193 Å². The zero-order chi connectivity index (χ0) is 45.0. The molecule has 63 heavy (non-hydrogen) atoms. The van der Waals surface area contributed by atoms with Crippen molar-refractivity contribution in [3.8, 4) is 78.6 Å². The molecule has 0 amide bonds. The van der Waals surface area contributed by atoms with Crippen molar-refractivity contribution in [1.29, 1.82) is 0 Å². The van der Waals surface area contributed by atoms with Gasteiger partial charge in [0.2, 0.25) is 0 Å². The number of imidazole rings is 1. The minimum Gasteiger partial charge on any atom is -0.507 e. The smallest absolute Gasteiger partial charge is 0.149 e. The van der Waals surface area contributed by atoms with Crippen molar-refractivity contribution in [1.82, 2.24) is 14.5 Å². The highest BCUT2D eigenvalue weighted by molar-refractivity contribution is 5.98. The monoisotopic (exact) mass is 822 g/mol. The second-order valence-electron chi connectivity index (χ2n) is 18.9. The second-order valence-corrected chi connectivity index (χ2v) is 18.9. The number of hydrogen-bond acceptors (Lipinski definition) is 3. The van der Waals surface area contributed by atoms with Gasteiger partial charge in [-0.2, -0.15) is 0 Å². The molecule has 0 radical (unpaired) electrons. The minimum absolute atomic E-state index is 0.204. The first-order valence-electron chi connectivity index (χ1n) is 22.4. The molecule has 0 saturated heterocycles. The lowest BCUT2D eigenvalue weighted by Crippen LogP contribution is -2.17. The van der Waals surface area contributed by atoms with E-state index in [1.807, 2.05) is 50.4 Å². The van der Waals surface area contributed by atoms with Crippen molar-refractivity contribution in [2.24, 2.45) is 0 Å². The molecule has 7 aromatic carbocycles. The Morgan fingerprint density at radius 1 is 0.524 bits per heavy atom. The zero-order valence-electron chi connectivity index (χ0n) is 38.5. The van der Waals surface area contributed by atoms with Gasteiger partial charge in [0.1, 0.15) is 11.6 Å². The number of rotatable bonds is 8. The molecule has 0 atom stereocenters. The van der Waals surface area contributed by atoms with Crippen molar-refractivity contribution in [2.75, 3.05) is 0 Å². The fourth-order valence-corrected chi connectivity index (χ4v) is 8.67. The van der Waals surface area contributed by atoms with Gasteiger partial charge in [0.05, 0.1) is 22.3 Å². The lowest BCUT2D eigenvalue weighted by molar-refractivity contribution is 0.446. The van der Waals surface area contributed by atoms with Gasteiger partial charge >= 0.3 is 0 Å². The molecule has 0 saturated carbocycles. The summed E-state index contributed by atoms with van der Waals surface area (Å²) < 4.78 is 11.6. The van der Waals surface area contributed by atoms with Gasteiger partial charge in [0, 0.05) is 29.9 Å². The molecule has 1 N–H and O–H groups in total. The van der Waals surface area contributed by atoms with Crippen LogP contribution < -0.4 is 0 Å². The van der Waals surface area contributed by atoms with Crippen LogP contribution in [0.4, 0.5) is 0 Å². The fraction of sp³-hybridized carbons (Fsp3) is 0.186. The molecule has 4 heteroatoms. The normalized spacial score (nSPS) is 12.4. The van der Waals surface area contributed by atoms with E-state index in [0.717, 1.165) is 89.2 Å². The van der Waals surface area contributed by atoms with Gasteiger partial charge in [0.25, 0.3) is 0 Å². The summed E-state index contributed by atoms with van der Waals surface area (Å²) >= 11 is 0. The summed E-state index contributed by atoms with van der Waals surface area (Å²) in [5, 5.41) is 12.5. The van der Waals surface area contributed by atoms with Crippen LogP contribution >= 0.6 is 0 Å². The Bertz CT molecular complexity index is 3150. The molecule has 2 aromatic heterocycles. The summed E-state index contributed by atoms with van der Waals surface area (Å²) in [7, 11) is 0. The SMILES string of the molecule is [2H]C(C)(C)c1cc(-n2c(-c3cc(C(C)(C)C)cc(C(C)(C)C)c3O)nc3c(-c4cc(-c5ccccc5)cc(-c5cc(-c6ccccc6)ccn5)c4)cccc32)ccc1-c1ccccc1. The van der Waals surface area contributed by atoms with Crippen LogP contribution in [-0.2, 0) is 10.8 Å². The Kier molecular flexibility index (Phi) is 10.4. The fourth-order valence-electron chi connectivity index (χ4n) is 8.67. The first-order chi connectivity index (χ1) is 30.5. The van der Waals surface area contributed by atoms with Gasteiger partial charge in [-0.1, -0.05) is 171 Å². The molecule has 0 aliphatic heterocycles. The van der Waals surface area contributed by atoms with E-state index < -0.39 is 5.89 Å². The van der Waals surface area contributed by atoms with Crippen LogP contribution in [0.3, 0.4) is 0 Å². The summed E-state index contributed by atoms with van der Waals surface area (Å²) in [5.41, 5.74) is 15.9. The maximum atomic E-state index is 12.5. The number of para-hydroxylation sites is 1. The van der Waals surface area contributed by atoms with Crippen LogP contribution in [0.15, 0.2) is 176 Å². The van der Waals surface area contributed by atoms with Gasteiger partial charge in [-0.15, -0.1) is 0 Å². The Labute approximate surface area is 374 Å². The lowest BCUT2D eigenvalue weighted by atomic mass is 9.79. The average Bonchev–Trinajstić information content (AvgIpc) is 3.68. The molecule has 0 aliphatic carbocycles. The molecule has 0 bridgehead atoms. The number of nitrogens with zero attached hydrogens (tertiary/aromatic N) is 3. The number of aromatic hydroxyl groups is 1. The van der Waals surface area contributed by atoms with Gasteiger partial charge in [-0.25, -0.2) is 4.98 Å². The highest BCUT2D eigenvalue weighted by atomic mass is 16.3. The molecule has 4 nitrogen and oxygen atoms in total. The van der Waals surface area contributed by atoms with Crippen LogP contribution in [0.2, 0.25) is 0 Å². The van der Waals surface area contributed by atoms with Crippen molar-refractivity contribution >= 4 is 11.0 Å². The second kappa shape index (κ2) is 16.3. The summed E-state index contributed by atoms with van der Waals surface area (Å²) in [6.07, 6.45) is 1.89. The van der Waals surface area contributed by atoms with E-state index in [0.29, 0.717) is 11.4 Å². The Morgan fingerprint density at radius 3 is 1.78 bits per heavy atom. The molecule has 0 unspecified atom stereocenters. The molecule has 9 rings (SSSR count). The van der Waals surface area contributed by atoms with E-state index in [9.17, 15) is 6.48 Å². The summed E-state index contributed by atoms with van der Waals surface area (Å²) in [6.45, 7) is 17.0. The molecule has 0 fully saturated rings. The molecule has 2 heterocycles. The largest absolute Gasteiger partial charge is 0.507 e. The lowest BCUT2D eigenvalue weighted by Gasteiger charge is -2.27. The first-order valence-corrected chi connectivity index (χ1v) is 21.9. The third-order valence-corrected chi connectivity index (χ3v) is 12.1. The molecule has 0 spiro atoms. The van der Waals surface area contributed by atoms with E-state index >= 15 is 0 Å². The van der Waals surface area contributed by atoms with Crippen molar-refractivity contribution in [3.63, 3.8) is 0 Å². The van der Waals surface area contributed by atoms with Gasteiger partial charge < -0.3 is 5.11 Å². The Morgan fingerprint density at radius 2 is 1.14 bits per heavy atom. The number of pyridine rings is 1. The number of fused-ring (bicyclic) bond motifs is 1. The van der Waals surface area contributed by atoms with Crippen molar-refractivity contribution < 1.29 is 6.48 Å². The van der Waals surface area contributed by atoms with E-state index in [1.165, 1.54) is 0 Å². The Hall–Kier alpha value is -7.04. The summed E-state index contributed by atoms with van der Waals surface area (Å²) in [4.78, 5) is 10.5. The predicted molar refractivity (Wildman–Crippen MR) is 265 cm³/mol. The maximum Gasteiger partial charge on any atom is 0.149 e. The third kappa shape index (κ3) is 8.10. The topological polar surface area (TPSA) is 50.9 Å². The summed E-state index contributed by atoms with van der Waals surface area (Å²) in [6, 6.07) is 59.2. The van der Waals surface area contributed by atoms with Crippen LogP contribution in [0, 0.1) is 0 Å². The van der Waals surface area contributed by atoms with E-state index in [4.69, 9.17) is 9.97 Å². The Balaban J connectivity index is 1.34. The van der Waals surface area contributed by atoms with Gasteiger partial charge in [-0.3, -0.25) is 9.55 Å². The van der Waals surface area contributed by atoms with E-state index in [2.05, 4.69) is 186 Å². The van der Waals surface area contributed by atoms with Gasteiger partial charge in [0.15, 0.2) is 0 Å². The van der Waals surface area contributed by atoms with Gasteiger partial charge in [-0.05, 0) is 121 Å². The quantitative estimate of drug-likeness (QED) is 0.166. The molecular formula is C59H55N3O. The number of aromatic nitrogens is 3. The van der Waals surface area contributed by atoms with E-state index in [1.54, 1.807) is 0 Å². The number of hydrogen-bond donors (Lipinski definition) is 1. The predicted octanol–water partition coefficient (Wildman–Crippen LogP) is 15.8. The van der Waals surface area contributed by atoms with Crippen LogP contribution in [-0.4, -0.2) is 19.6 Å². The molecule has 312 valence electrons. The van der Waals surface area contributed by atoms with Crippen LogP contribution in [0.1, 0.15) is 79.3 Å². The van der Waals surface area contributed by atoms with Crippen LogP contribution in [0.5, 0.6) is 5.75 Å². The highest BCUT2D eigenvalue weighted by Crippen LogP contribution is 2.45. The number of phenolic OH excluding ortho intramolecular Hbond substituents is 1. The van der Waals surface area contributed by atoms with Crippen molar-refractivity contribution in [2.45, 2.75) is 72.1 Å². The van der Waals surface area contributed by atoms with E-state index in [-0.39, 0.29) is 16.6 Å².